The van der Waals surface area contributed by atoms with E-state index in [2.05, 4.69) is 32.1 Å². The van der Waals surface area contributed by atoms with E-state index in [1.54, 1.807) is 12.3 Å². The summed E-state index contributed by atoms with van der Waals surface area (Å²) in [5, 5.41) is 4.74. The molecule has 5 rings (SSSR count). The molecule has 152 valence electrons. The van der Waals surface area contributed by atoms with Gasteiger partial charge in [-0.15, -0.1) is 0 Å². The zero-order valence-corrected chi connectivity index (χ0v) is 16.6. The molecule has 0 aliphatic carbocycles. The summed E-state index contributed by atoms with van der Waals surface area (Å²) in [5.74, 6) is 0.705. The molecule has 0 spiro atoms. The van der Waals surface area contributed by atoms with Gasteiger partial charge in [0.15, 0.2) is 0 Å². The Balaban J connectivity index is 1.58. The quantitative estimate of drug-likeness (QED) is 0.678. The van der Waals surface area contributed by atoms with Crippen LogP contribution in [0.2, 0.25) is 0 Å². The van der Waals surface area contributed by atoms with Crippen LogP contribution in [0, 0.1) is 5.82 Å². The molecule has 1 N–H and O–H groups in total. The van der Waals surface area contributed by atoms with Gasteiger partial charge >= 0.3 is 0 Å². The van der Waals surface area contributed by atoms with Gasteiger partial charge in [-0.05, 0) is 32.5 Å². The predicted molar refractivity (Wildman–Crippen MR) is 111 cm³/mol. The fraction of sp³-hybridized carbons (Fsp3) is 0.476. The second-order valence-corrected chi connectivity index (χ2v) is 7.81. The van der Waals surface area contributed by atoms with Crippen molar-refractivity contribution >= 4 is 27.8 Å². The third-order valence-electron chi connectivity index (χ3n) is 5.95. The first-order chi connectivity index (χ1) is 14.2. The highest BCUT2D eigenvalue weighted by atomic mass is 19.1. The lowest BCUT2D eigenvalue weighted by Gasteiger charge is -2.27. The van der Waals surface area contributed by atoms with Crippen molar-refractivity contribution in [1.82, 2.24) is 25.2 Å². The van der Waals surface area contributed by atoms with Crippen LogP contribution in [0.25, 0.3) is 21.8 Å². The average molecular weight is 396 g/mol. The molecule has 8 heteroatoms. The number of benzene rings is 1. The summed E-state index contributed by atoms with van der Waals surface area (Å²) in [6.07, 6.45) is 4.03. The number of likely N-dealkylation sites (N-methyl/N-ethyl adjacent to an activating group) is 1. The first kappa shape index (κ1) is 18.4. The van der Waals surface area contributed by atoms with Gasteiger partial charge in [-0.1, -0.05) is 12.1 Å². The van der Waals surface area contributed by atoms with Gasteiger partial charge in [0.25, 0.3) is 0 Å². The number of hydrogen-bond donors (Lipinski definition) is 1. The maximum atomic E-state index is 14.6. The molecule has 0 saturated carbocycles. The van der Waals surface area contributed by atoms with Crippen molar-refractivity contribution in [1.29, 1.82) is 0 Å². The summed E-state index contributed by atoms with van der Waals surface area (Å²) < 4.78 is 20.7. The van der Waals surface area contributed by atoms with Gasteiger partial charge in [-0.25, -0.2) is 19.3 Å². The lowest BCUT2D eigenvalue weighted by atomic mass is 10.1. The van der Waals surface area contributed by atoms with Gasteiger partial charge in [-0.3, -0.25) is 0 Å². The van der Waals surface area contributed by atoms with Gasteiger partial charge in [0.1, 0.15) is 17.9 Å². The van der Waals surface area contributed by atoms with E-state index in [9.17, 15) is 4.39 Å². The molecule has 0 amide bonds. The molecule has 2 aromatic heterocycles. The van der Waals surface area contributed by atoms with E-state index in [1.165, 1.54) is 12.5 Å². The summed E-state index contributed by atoms with van der Waals surface area (Å²) >= 11 is 0. The van der Waals surface area contributed by atoms with E-state index in [0.29, 0.717) is 40.9 Å². The number of halogens is 1. The molecule has 1 unspecified atom stereocenters. The van der Waals surface area contributed by atoms with Crippen molar-refractivity contribution in [2.45, 2.75) is 18.9 Å². The number of rotatable bonds is 4. The van der Waals surface area contributed by atoms with Crippen LogP contribution in [0.5, 0.6) is 5.88 Å². The van der Waals surface area contributed by atoms with Crippen LogP contribution in [0.3, 0.4) is 0 Å². The Kier molecular flexibility index (Phi) is 4.89. The summed E-state index contributed by atoms with van der Waals surface area (Å²) in [6, 6.07) is 5.33. The Labute approximate surface area is 168 Å². The van der Waals surface area contributed by atoms with Gasteiger partial charge in [0, 0.05) is 43.8 Å². The number of fused-ring (bicyclic) bond motifs is 3. The van der Waals surface area contributed by atoms with Crippen molar-refractivity contribution in [3.05, 3.63) is 30.2 Å². The molecule has 1 aromatic carbocycles. The number of anilines is 1. The SMILES string of the molecule is CN1CCCC1COc1nc2c(F)cccc2c2nc(N3CCNCC3)ncc12. The van der Waals surface area contributed by atoms with E-state index in [0.717, 1.165) is 44.5 Å². The smallest absolute Gasteiger partial charge is 0.225 e. The molecule has 29 heavy (non-hydrogen) atoms. The molecule has 2 saturated heterocycles. The molecular formula is C21H25FN6O. The third kappa shape index (κ3) is 3.47. The molecule has 2 aliphatic rings. The summed E-state index contributed by atoms with van der Waals surface area (Å²) in [5.41, 5.74) is 0.979. The Hall–Kier alpha value is -2.58. The minimum Gasteiger partial charge on any atom is -0.475 e. The molecule has 1 atom stereocenters. The molecule has 7 nitrogen and oxygen atoms in total. The standard InChI is InChI=1S/C21H25FN6O/c1-27-9-3-4-14(27)13-29-20-16-12-24-21(28-10-7-23-8-11-28)26-18(16)15-5-2-6-17(22)19(15)25-20/h2,5-6,12,14,23H,3-4,7-11,13H2,1H3. The number of hydrogen-bond acceptors (Lipinski definition) is 7. The molecular weight excluding hydrogens is 371 g/mol. The zero-order chi connectivity index (χ0) is 19.8. The second kappa shape index (κ2) is 7.68. The summed E-state index contributed by atoms with van der Waals surface area (Å²) in [6.45, 7) is 5.09. The number of nitrogens with one attached hydrogen (secondary N) is 1. The number of likely N-dealkylation sites (tertiary alicyclic amines) is 1. The van der Waals surface area contributed by atoms with Crippen molar-refractivity contribution in [3.8, 4) is 5.88 Å². The molecule has 2 fully saturated rings. The lowest BCUT2D eigenvalue weighted by Crippen LogP contribution is -2.44. The first-order valence-corrected chi connectivity index (χ1v) is 10.2. The first-order valence-electron chi connectivity index (χ1n) is 10.2. The Bertz CT molecular complexity index is 1040. The van der Waals surface area contributed by atoms with E-state index >= 15 is 0 Å². The van der Waals surface area contributed by atoms with E-state index in [-0.39, 0.29) is 5.82 Å². The molecule has 3 aromatic rings. The van der Waals surface area contributed by atoms with Crippen molar-refractivity contribution in [2.24, 2.45) is 0 Å². The van der Waals surface area contributed by atoms with Crippen molar-refractivity contribution < 1.29 is 9.13 Å². The fourth-order valence-electron chi connectivity index (χ4n) is 4.21. The minimum atomic E-state index is -0.366. The Morgan fingerprint density at radius 3 is 2.79 bits per heavy atom. The van der Waals surface area contributed by atoms with Gasteiger partial charge in [0.05, 0.1) is 10.9 Å². The van der Waals surface area contributed by atoms with E-state index in [4.69, 9.17) is 9.72 Å². The van der Waals surface area contributed by atoms with Crippen LogP contribution in [0.15, 0.2) is 24.4 Å². The Morgan fingerprint density at radius 2 is 2.00 bits per heavy atom. The lowest BCUT2D eigenvalue weighted by molar-refractivity contribution is 0.195. The van der Waals surface area contributed by atoms with Crippen LogP contribution in [-0.4, -0.2) is 72.3 Å². The highest BCUT2D eigenvalue weighted by molar-refractivity contribution is 6.05. The number of aromatic nitrogens is 3. The summed E-state index contributed by atoms with van der Waals surface area (Å²) in [4.78, 5) is 18.3. The second-order valence-electron chi connectivity index (χ2n) is 7.81. The predicted octanol–water partition coefficient (Wildman–Crippen LogP) is 2.20. The van der Waals surface area contributed by atoms with E-state index in [1.807, 2.05) is 6.07 Å². The zero-order valence-electron chi connectivity index (χ0n) is 16.6. The van der Waals surface area contributed by atoms with Crippen LogP contribution >= 0.6 is 0 Å². The summed E-state index contributed by atoms with van der Waals surface area (Å²) in [7, 11) is 2.11. The largest absolute Gasteiger partial charge is 0.475 e. The molecule has 0 bridgehead atoms. The number of ether oxygens (including phenoxy) is 1. The topological polar surface area (TPSA) is 66.4 Å². The van der Waals surface area contributed by atoms with Crippen LogP contribution in [0.1, 0.15) is 12.8 Å². The van der Waals surface area contributed by atoms with Crippen molar-refractivity contribution in [2.75, 3.05) is 51.3 Å². The van der Waals surface area contributed by atoms with Gasteiger partial charge < -0.3 is 19.9 Å². The monoisotopic (exact) mass is 396 g/mol. The maximum absolute atomic E-state index is 14.6. The average Bonchev–Trinajstić information content (AvgIpc) is 3.17. The molecule has 4 heterocycles. The molecule has 2 aliphatic heterocycles. The van der Waals surface area contributed by atoms with Crippen LogP contribution in [-0.2, 0) is 0 Å². The molecule has 0 radical (unpaired) electrons. The number of nitrogens with zero attached hydrogens (tertiary/aromatic N) is 5. The van der Waals surface area contributed by atoms with Crippen LogP contribution < -0.4 is 15.0 Å². The minimum absolute atomic E-state index is 0.291. The van der Waals surface area contributed by atoms with Crippen LogP contribution in [0.4, 0.5) is 10.3 Å². The van der Waals surface area contributed by atoms with Gasteiger partial charge in [-0.2, -0.15) is 0 Å². The normalized spacial score (nSPS) is 20.6. The Morgan fingerprint density at radius 1 is 1.14 bits per heavy atom. The number of pyridine rings is 1. The number of para-hydroxylation sites is 1. The van der Waals surface area contributed by atoms with Gasteiger partial charge in [0.2, 0.25) is 11.8 Å². The highest BCUT2D eigenvalue weighted by Crippen LogP contribution is 2.32. The van der Waals surface area contributed by atoms with Crippen molar-refractivity contribution in [3.63, 3.8) is 0 Å². The highest BCUT2D eigenvalue weighted by Gasteiger charge is 2.23. The van der Waals surface area contributed by atoms with E-state index < -0.39 is 0 Å². The maximum Gasteiger partial charge on any atom is 0.225 e. The third-order valence-corrected chi connectivity index (χ3v) is 5.95. The number of piperazine rings is 1. The fourth-order valence-corrected chi connectivity index (χ4v) is 4.21.